The summed E-state index contributed by atoms with van der Waals surface area (Å²) in [6.07, 6.45) is 14.2. The van der Waals surface area contributed by atoms with Crippen LogP contribution in [0.1, 0.15) is 103 Å². The van der Waals surface area contributed by atoms with E-state index in [1.54, 1.807) is 0 Å². The molecule has 0 radical (unpaired) electrons. The molecule has 2 atom stereocenters. The molecule has 4 N–H and O–H groups in total. The van der Waals surface area contributed by atoms with Gasteiger partial charge in [-0.1, -0.05) is 12.1 Å². The minimum Gasteiger partial charge on any atom is -0.324 e. The van der Waals surface area contributed by atoms with Crippen molar-refractivity contribution in [2.24, 2.45) is 35.5 Å². The molecule has 3 aromatic rings. The first-order valence-corrected chi connectivity index (χ1v) is 24.1. The number of hydrogen-bond donors (Lipinski definition) is 4. The molecule has 1 heterocycles. The standard InChI is InChI=1S/C40H56N4O8P2/c1-53(47,48)51-31-21-17-27(18-22-31)25-9-13-29(14-10-25)39(45)42-35-7-3-5-33-37(35)44-38-34(41-33)6-4-8-36(38)43-40(46)30-15-11-26(12-16-30)28-19-23-32(24-20-28)52-54(2,49)50/h3-8,25-32H,9-24H2,1-2H3,(H,42,45)(H,43,46)(H,47,48)(H,49,50). The number of benzene rings is 2. The number of aromatic nitrogens is 2. The van der Waals surface area contributed by atoms with Gasteiger partial charge in [-0.2, -0.15) is 0 Å². The fourth-order valence-corrected chi connectivity index (χ4v) is 11.5. The van der Waals surface area contributed by atoms with Crippen molar-refractivity contribution in [3.8, 4) is 0 Å². The summed E-state index contributed by atoms with van der Waals surface area (Å²) in [5, 5.41) is 6.34. The molecule has 4 fully saturated rings. The molecule has 0 saturated heterocycles. The van der Waals surface area contributed by atoms with Crippen LogP contribution in [0.3, 0.4) is 0 Å². The molecule has 14 heteroatoms. The number of hydrogen-bond acceptors (Lipinski definition) is 8. The lowest BCUT2D eigenvalue weighted by Gasteiger charge is -2.37. The Hall–Kier alpha value is -2.72. The topological polar surface area (TPSA) is 177 Å². The molecule has 12 nitrogen and oxygen atoms in total. The minimum absolute atomic E-state index is 0.00268. The average Bonchev–Trinajstić information content (AvgIpc) is 3.14. The molecular weight excluding hydrogens is 726 g/mol. The predicted molar refractivity (Wildman–Crippen MR) is 210 cm³/mol. The van der Waals surface area contributed by atoms with E-state index in [0.717, 1.165) is 103 Å². The average molecular weight is 783 g/mol. The Morgan fingerprint density at radius 2 is 0.889 bits per heavy atom. The van der Waals surface area contributed by atoms with Crippen LogP contribution in [0, 0.1) is 35.5 Å². The second kappa shape index (κ2) is 16.8. The van der Waals surface area contributed by atoms with Crippen LogP contribution in [-0.4, -0.2) is 57.1 Å². The molecule has 0 spiro atoms. The van der Waals surface area contributed by atoms with Gasteiger partial charge in [-0.3, -0.25) is 18.7 Å². The number of carbonyl (C=O) groups excluding carboxylic acids is 2. The summed E-state index contributed by atoms with van der Waals surface area (Å²) in [5.74, 6) is 2.10. The summed E-state index contributed by atoms with van der Waals surface area (Å²) in [4.78, 5) is 56.2. The highest BCUT2D eigenvalue weighted by Gasteiger charge is 2.36. The molecule has 0 aliphatic heterocycles. The van der Waals surface area contributed by atoms with Crippen LogP contribution in [0.5, 0.6) is 0 Å². The first kappa shape index (κ1) is 39.5. The molecule has 0 bridgehead atoms. The molecule has 54 heavy (non-hydrogen) atoms. The van der Waals surface area contributed by atoms with E-state index in [2.05, 4.69) is 10.6 Å². The Kier molecular flexibility index (Phi) is 12.3. The summed E-state index contributed by atoms with van der Waals surface area (Å²) in [6, 6.07) is 11.3. The number of para-hydroxylation sites is 2. The third-order valence-corrected chi connectivity index (χ3v) is 14.1. The summed E-state index contributed by atoms with van der Waals surface area (Å²) in [7, 11) is -6.94. The van der Waals surface area contributed by atoms with Crippen molar-refractivity contribution in [1.82, 2.24) is 9.97 Å². The Morgan fingerprint density at radius 3 is 1.22 bits per heavy atom. The fourth-order valence-electron chi connectivity index (χ4n) is 9.98. The van der Waals surface area contributed by atoms with Crippen molar-refractivity contribution in [2.45, 2.75) is 115 Å². The Labute approximate surface area is 318 Å². The molecule has 7 rings (SSSR count). The highest BCUT2D eigenvalue weighted by atomic mass is 31.2. The van der Waals surface area contributed by atoms with Gasteiger partial charge in [-0.15, -0.1) is 0 Å². The number of anilines is 2. The number of fused-ring (bicyclic) bond motifs is 2. The molecule has 1 aromatic heterocycles. The maximum absolute atomic E-state index is 13.6. The van der Waals surface area contributed by atoms with E-state index < -0.39 is 15.2 Å². The Morgan fingerprint density at radius 1 is 0.556 bits per heavy atom. The number of nitrogens with one attached hydrogen (secondary N) is 2. The Balaban J connectivity index is 0.940. The smallest absolute Gasteiger partial charge is 0.324 e. The summed E-state index contributed by atoms with van der Waals surface area (Å²) in [6.45, 7) is 2.51. The maximum atomic E-state index is 13.6. The summed E-state index contributed by atoms with van der Waals surface area (Å²) >= 11 is 0. The van der Waals surface area contributed by atoms with Gasteiger partial charge in [0, 0.05) is 25.2 Å². The molecule has 4 saturated carbocycles. The van der Waals surface area contributed by atoms with E-state index in [1.165, 1.54) is 13.3 Å². The zero-order valence-electron chi connectivity index (χ0n) is 31.5. The Bertz CT molecular complexity index is 1770. The van der Waals surface area contributed by atoms with Gasteiger partial charge in [0.2, 0.25) is 11.8 Å². The molecule has 4 aliphatic carbocycles. The van der Waals surface area contributed by atoms with Gasteiger partial charge in [-0.25, -0.2) is 9.97 Å². The first-order valence-electron chi connectivity index (χ1n) is 20.1. The van der Waals surface area contributed by atoms with Gasteiger partial charge in [0.15, 0.2) is 0 Å². The molecule has 2 amide bonds. The lowest BCUT2D eigenvalue weighted by Crippen LogP contribution is -2.32. The third-order valence-electron chi connectivity index (χ3n) is 12.8. The van der Waals surface area contributed by atoms with E-state index in [-0.39, 0.29) is 35.9 Å². The van der Waals surface area contributed by atoms with Crippen LogP contribution in [0.2, 0.25) is 0 Å². The molecular formula is C40H56N4O8P2. The molecule has 2 aromatic carbocycles. The normalized spacial score (nSPS) is 31.6. The predicted octanol–water partition coefficient (Wildman–Crippen LogP) is 9.05. The summed E-state index contributed by atoms with van der Waals surface area (Å²) < 4.78 is 34.1. The van der Waals surface area contributed by atoms with Crippen LogP contribution in [0.4, 0.5) is 11.4 Å². The third kappa shape index (κ3) is 9.98. The number of amides is 2. The molecule has 294 valence electrons. The number of nitrogens with zero attached hydrogens (tertiary/aromatic N) is 2. The second-order valence-corrected chi connectivity index (χ2v) is 20.3. The second-order valence-electron chi connectivity index (χ2n) is 16.7. The van der Waals surface area contributed by atoms with Crippen LogP contribution < -0.4 is 10.6 Å². The maximum Gasteiger partial charge on any atom is 0.325 e. The van der Waals surface area contributed by atoms with Gasteiger partial charge in [-0.05, 0) is 151 Å². The van der Waals surface area contributed by atoms with Gasteiger partial charge in [0.1, 0.15) is 11.0 Å². The monoisotopic (exact) mass is 782 g/mol. The highest BCUT2D eigenvalue weighted by Crippen LogP contribution is 2.47. The van der Waals surface area contributed by atoms with Crippen molar-refractivity contribution < 1.29 is 37.6 Å². The van der Waals surface area contributed by atoms with Gasteiger partial charge < -0.3 is 29.5 Å². The van der Waals surface area contributed by atoms with Crippen molar-refractivity contribution in [3.05, 3.63) is 36.4 Å². The van der Waals surface area contributed by atoms with E-state index in [4.69, 9.17) is 19.0 Å². The quantitative estimate of drug-likeness (QED) is 0.115. The van der Waals surface area contributed by atoms with Gasteiger partial charge in [0.25, 0.3) is 0 Å². The molecule has 2 unspecified atom stereocenters. The van der Waals surface area contributed by atoms with Gasteiger partial charge >= 0.3 is 15.2 Å². The van der Waals surface area contributed by atoms with Crippen molar-refractivity contribution >= 4 is 60.4 Å². The van der Waals surface area contributed by atoms with Crippen molar-refractivity contribution in [2.75, 3.05) is 24.0 Å². The molecule has 4 aliphatic rings. The van der Waals surface area contributed by atoms with E-state index in [1.807, 2.05) is 36.4 Å². The van der Waals surface area contributed by atoms with Crippen molar-refractivity contribution in [1.29, 1.82) is 0 Å². The fraction of sp³-hybridized carbons (Fsp3) is 0.650. The van der Waals surface area contributed by atoms with E-state index in [9.17, 15) is 28.5 Å². The highest BCUT2D eigenvalue weighted by molar-refractivity contribution is 7.52. The zero-order valence-corrected chi connectivity index (χ0v) is 33.3. The zero-order chi connectivity index (χ0) is 38.0. The van der Waals surface area contributed by atoms with Crippen LogP contribution in [0.25, 0.3) is 22.1 Å². The largest absolute Gasteiger partial charge is 0.325 e. The lowest BCUT2D eigenvalue weighted by atomic mass is 9.70. The van der Waals surface area contributed by atoms with Crippen molar-refractivity contribution in [3.63, 3.8) is 0 Å². The SMILES string of the molecule is CP(=O)(O)OC1CCC(C2CCC(C(=O)Nc3cccc4nc5cccc(NC(=O)C6CCC(C7CCC(OP(C)(=O)O)CC7)CC6)c5nc34)CC2)CC1. The van der Waals surface area contributed by atoms with E-state index >= 15 is 0 Å². The number of carbonyl (C=O) groups is 2. The minimum atomic E-state index is -3.47. The van der Waals surface area contributed by atoms with Crippen LogP contribution >= 0.6 is 15.2 Å². The number of rotatable bonds is 10. The van der Waals surface area contributed by atoms with Crippen LogP contribution in [0.15, 0.2) is 36.4 Å². The van der Waals surface area contributed by atoms with Gasteiger partial charge in [0.05, 0.1) is 34.6 Å². The lowest BCUT2D eigenvalue weighted by molar-refractivity contribution is -0.122. The van der Waals surface area contributed by atoms with E-state index in [0.29, 0.717) is 57.1 Å². The summed E-state index contributed by atoms with van der Waals surface area (Å²) in [5.41, 5.74) is 3.76. The van der Waals surface area contributed by atoms with Crippen LogP contribution in [-0.2, 0) is 27.8 Å². The first-order chi connectivity index (χ1) is 25.8.